The van der Waals surface area contributed by atoms with Crippen LogP contribution < -0.4 is 14.8 Å². The van der Waals surface area contributed by atoms with Crippen molar-refractivity contribution >= 4 is 17.4 Å². The van der Waals surface area contributed by atoms with Crippen LogP contribution in [0.3, 0.4) is 0 Å². The maximum Gasteiger partial charge on any atom is 0.264 e. The number of hydrogen-bond acceptors (Lipinski definition) is 6. The zero-order valence-corrected chi connectivity index (χ0v) is 12.8. The van der Waals surface area contributed by atoms with Gasteiger partial charge in [-0.2, -0.15) is 0 Å². The quantitative estimate of drug-likeness (QED) is 0.849. The Hall–Kier alpha value is -2.15. The first-order chi connectivity index (χ1) is 10.2. The molecule has 112 valence electrons. The molecule has 2 aromatic rings. The van der Waals surface area contributed by atoms with Gasteiger partial charge in [0.05, 0.1) is 19.9 Å². The van der Waals surface area contributed by atoms with Crippen LogP contribution in [0.25, 0.3) is 0 Å². The highest BCUT2D eigenvalue weighted by Crippen LogP contribution is 2.28. The standard InChI is InChI=1S/C14H17N3O3S/c1-3-6-20-11-5-4-10(7-12(11)19-2)8-15-14(18)13-9-16-17-21-13/h4-5,7,9H,3,6,8H2,1-2H3,(H,15,18). The summed E-state index contributed by atoms with van der Waals surface area (Å²) in [6, 6.07) is 5.61. The van der Waals surface area contributed by atoms with Crippen molar-refractivity contribution in [2.75, 3.05) is 13.7 Å². The van der Waals surface area contributed by atoms with E-state index in [1.807, 2.05) is 25.1 Å². The number of methoxy groups -OCH3 is 1. The van der Waals surface area contributed by atoms with E-state index < -0.39 is 0 Å². The maximum absolute atomic E-state index is 11.8. The summed E-state index contributed by atoms with van der Waals surface area (Å²) >= 11 is 1.07. The molecule has 7 heteroatoms. The van der Waals surface area contributed by atoms with Gasteiger partial charge in [-0.1, -0.05) is 17.5 Å². The van der Waals surface area contributed by atoms with Gasteiger partial charge in [-0.05, 0) is 35.6 Å². The van der Waals surface area contributed by atoms with Crippen molar-refractivity contribution in [2.45, 2.75) is 19.9 Å². The molecule has 0 fully saturated rings. The number of rotatable bonds is 7. The van der Waals surface area contributed by atoms with Gasteiger partial charge in [0, 0.05) is 6.54 Å². The lowest BCUT2D eigenvalue weighted by atomic mass is 10.2. The van der Waals surface area contributed by atoms with Gasteiger partial charge in [0.25, 0.3) is 5.91 Å². The molecule has 0 spiro atoms. The molecule has 1 heterocycles. The summed E-state index contributed by atoms with van der Waals surface area (Å²) in [5.74, 6) is 1.19. The lowest BCUT2D eigenvalue weighted by Gasteiger charge is -2.12. The predicted octanol–water partition coefficient (Wildman–Crippen LogP) is 2.27. The van der Waals surface area contributed by atoms with Crippen molar-refractivity contribution in [1.82, 2.24) is 14.9 Å². The van der Waals surface area contributed by atoms with Gasteiger partial charge in [-0.25, -0.2) is 0 Å². The summed E-state index contributed by atoms with van der Waals surface area (Å²) in [6.45, 7) is 3.09. The Kier molecular flexibility index (Phi) is 5.51. The van der Waals surface area contributed by atoms with E-state index in [0.29, 0.717) is 29.5 Å². The van der Waals surface area contributed by atoms with Crippen LogP contribution in [0.1, 0.15) is 28.6 Å². The second-order valence-electron chi connectivity index (χ2n) is 4.30. The van der Waals surface area contributed by atoms with Crippen LogP contribution in [-0.4, -0.2) is 29.2 Å². The third-order valence-corrected chi connectivity index (χ3v) is 3.39. The Morgan fingerprint density at radius 3 is 2.90 bits per heavy atom. The highest BCUT2D eigenvalue weighted by atomic mass is 32.1. The molecule has 21 heavy (non-hydrogen) atoms. The molecule has 1 aromatic heterocycles. The fourth-order valence-electron chi connectivity index (χ4n) is 1.69. The third kappa shape index (κ3) is 4.16. The van der Waals surface area contributed by atoms with Gasteiger partial charge in [0.2, 0.25) is 0 Å². The smallest absolute Gasteiger partial charge is 0.264 e. The summed E-state index contributed by atoms with van der Waals surface area (Å²) in [6.07, 6.45) is 2.38. The van der Waals surface area contributed by atoms with Gasteiger partial charge in [-0.15, -0.1) is 5.10 Å². The van der Waals surface area contributed by atoms with E-state index in [0.717, 1.165) is 23.5 Å². The molecule has 6 nitrogen and oxygen atoms in total. The van der Waals surface area contributed by atoms with Gasteiger partial charge in [-0.3, -0.25) is 4.79 Å². The molecule has 0 aliphatic carbocycles. The summed E-state index contributed by atoms with van der Waals surface area (Å²) in [4.78, 5) is 12.3. The van der Waals surface area contributed by atoms with Gasteiger partial charge in [0.1, 0.15) is 4.88 Å². The van der Waals surface area contributed by atoms with E-state index in [-0.39, 0.29) is 5.91 Å². The Morgan fingerprint density at radius 1 is 1.38 bits per heavy atom. The second-order valence-corrected chi connectivity index (χ2v) is 5.08. The van der Waals surface area contributed by atoms with Crippen LogP contribution in [0.15, 0.2) is 24.4 Å². The lowest BCUT2D eigenvalue weighted by Crippen LogP contribution is -2.21. The fourth-order valence-corrected chi connectivity index (χ4v) is 2.12. The van der Waals surface area contributed by atoms with E-state index >= 15 is 0 Å². The molecule has 1 amide bonds. The summed E-state index contributed by atoms with van der Waals surface area (Å²) in [5.41, 5.74) is 0.932. The molecule has 0 radical (unpaired) electrons. The van der Waals surface area contributed by atoms with E-state index in [9.17, 15) is 4.79 Å². The molecule has 0 atom stereocenters. The van der Waals surface area contributed by atoms with Crippen LogP contribution in [-0.2, 0) is 6.54 Å². The number of carbonyl (C=O) groups is 1. The molecular weight excluding hydrogens is 290 g/mol. The van der Waals surface area contributed by atoms with Crippen molar-refractivity contribution < 1.29 is 14.3 Å². The first kappa shape index (κ1) is 15.2. The van der Waals surface area contributed by atoms with Gasteiger partial charge < -0.3 is 14.8 Å². The Bertz CT molecular complexity index is 587. The molecular formula is C14H17N3O3S. The topological polar surface area (TPSA) is 73.3 Å². The first-order valence-electron chi connectivity index (χ1n) is 6.60. The molecule has 0 aliphatic heterocycles. The molecule has 1 aromatic carbocycles. The minimum Gasteiger partial charge on any atom is -0.493 e. The summed E-state index contributed by atoms with van der Waals surface area (Å²) < 4.78 is 14.6. The van der Waals surface area contributed by atoms with E-state index in [4.69, 9.17) is 9.47 Å². The highest BCUT2D eigenvalue weighted by molar-refractivity contribution is 7.07. The number of hydrogen-bond donors (Lipinski definition) is 1. The van der Waals surface area contributed by atoms with Crippen LogP contribution in [0, 0.1) is 0 Å². The molecule has 2 rings (SSSR count). The highest BCUT2D eigenvalue weighted by Gasteiger charge is 2.09. The average molecular weight is 307 g/mol. The van der Waals surface area contributed by atoms with Crippen LogP contribution in [0.5, 0.6) is 11.5 Å². The largest absolute Gasteiger partial charge is 0.493 e. The van der Waals surface area contributed by atoms with Crippen molar-refractivity contribution in [1.29, 1.82) is 0 Å². The van der Waals surface area contributed by atoms with Crippen LogP contribution in [0.2, 0.25) is 0 Å². The molecule has 0 bridgehead atoms. The normalized spacial score (nSPS) is 10.2. The van der Waals surface area contributed by atoms with E-state index in [1.165, 1.54) is 6.20 Å². The predicted molar refractivity (Wildman–Crippen MR) is 79.9 cm³/mol. The fraction of sp³-hybridized carbons (Fsp3) is 0.357. The van der Waals surface area contributed by atoms with Gasteiger partial charge in [0.15, 0.2) is 11.5 Å². The molecule has 1 N–H and O–H groups in total. The zero-order chi connectivity index (χ0) is 15.1. The molecule has 0 aliphatic rings. The second kappa shape index (κ2) is 7.58. The summed E-state index contributed by atoms with van der Waals surface area (Å²) in [7, 11) is 1.60. The minimum atomic E-state index is -0.185. The molecule has 0 saturated heterocycles. The third-order valence-electron chi connectivity index (χ3n) is 2.73. The number of nitrogens with zero attached hydrogens (tertiary/aromatic N) is 2. The SMILES string of the molecule is CCCOc1ccc(CNC(=O)c2cnns2)cc1OC. The Balaban J connectivity index is 1.99. The van der Waals surface area contributed by atoms with Crippen molar-refractivity contribution in [3.8, 4) is 11.5 Å². The number of aromatic nitrogens is 2. The number of nitrogens with one attached hydrogen (secondary N) is 1. The summed E-state index contributed by atoms with van der Waals surface area (Å²) in [5, 5.41) is 6.45. The van der Waals surface area contributed by atoms with Crippen molar-refractivity contribution in [3.05, 3.63) is 34.8 Å². The zero-order valence-electron chi connectivity index (χ0n) is 12.0. The lowest BCUT2D eigenvalue weighted by molar-refractivity contribution is 0.0954. The van der Waals surface area contributed by atoms with Crippen molar-refractivity contribution in [2.24, 2.45) is 0 Å². The molecule has 0 saturated carbocycles. The van der Waals surface area contributed by atoms with Gasteiger partial charge >= 0.3 is 0 Å². The average Bonchev–Trinajstić information content (AvgIpc) is 3.05. The number of amides is 1. The minimum absolute atomic E-state index is 0.185. The van der Waals surface area contributed by atoms with E-state index in [1.54, 1.807) is 7.11 Å². The number of ether oxygens (including phenoxy) is 2. The Labute approximate surface area is 127 Å². The Morgan fingerprint density at radius 2 is 2.24 bits per heavy atom. The first-order valence-corrected chi connectivity index (χ1v) is 7.37. The maximum atomic E-state index is 11.8. The molecule has 0 unspecified atom stereocenters. The van der Waals surface area contributed by atoms with Crippen LogP contribution >= 0.6 is 11.5 Å². The number of benzene rings is 1. The number of carbonyl (C=O) groups excluding carboxylic acids is 1. The van der Waals surface area contributed by atoms with Crippen LogP contribution in [0.4, 0.5) is 0 Å². The monoisotopic (exact) mass is 307 g/mol. The van der Waals surface area contributed by atoms with Crippen molar-refractivity contribution in [3.63, 3.8) is 0 Å². The van der Waals surface area contributed by atoms with E-state index in [2.05, 4.69) is 14.9 Å².